The summed E-state index contributed by atoms with van der Waals surface area (Å²) >= 11 is 0. The van der Waals surface area contributed by atoms with Gasteiger partial charge in [0.05, 0.1) is 29.2 Å². The molecule has 0 spiro atoms. The lowest BCUT2D eigenvalue weighted by Crippen LogP contribution is -2.21. The number of hydrogen-bond donors (Lipinski definition) is 9. The third kappa shape index (κ3) is 9.84. The molecule has 0 fully saturated rings. The molecule has 0 saturated heterocycles. The van der Waals surface area contributed by atoms with E-state index in [1.54, 1.807) is 0 Å². The molecule has 27 heteroatoms. The summed E-state index contributed by atoms with van der Waals surface area (Å²) in [5.41, 5.74) is 3.02. The number of aryl methyl sites for hydroxylation is 1. The number of aromatic hydroxyl groups is 2. The van der Waals surface area contributed by atoms with Crippen molar-refractivity contribution in [3.05, 3.63) is 84.1 Å². The van der Waals surface area contributed by atoms with Gasteiger partial charge in [-0.15, -0.1) is 20.5 Å². The zero-order chi connectivity index (χ0) is 46.2. The molecule has 6 aromatic rings. The SMILES string of the molecule is Cc1cc(N=Nc2c(S(=O)(=O)O)cc3cc(S(=O)(=O)O)c(N)cc3c2O)c(OCC(O)CO)cc1N=Nc1ccc(N=Nc2cc(S(=O)(=O)O)c3cccnc3c2O)c(C(=O)O)c1. The van der Waals surface area contributed by atoms with Crippen LogP contribution >= 0.6 is 0 Å². The number of aliphatic hydroxyl groups is 2. The predicted octanol–water partition coefficient (Wildman–Crippen LogP) is 6.11. The summed E-state index contributed by atoms with van der Waals surface area (Å²) in [4.78, 5) is 13.7. The molecule has 0 aliphatic carbocycles. The smallest absolute Gasteiger partial charge is 0.338 e. The summed E-state index contributed by atoms with van der Waals surface area (Å²) < 4.78 is 107. The minimum atomic E-state index is -5.20. The summed E-state index contributed by atoms with van der Waals surface area (Å²) in [6, 6.07) is 11.9. The molecular weight excluding hydrogens is 897 g/mol. The quantitative estimate of drug-likeness (QED) is 0.0338. The van der Waals surface area contributed by atoms with E-state index < -0.39 is 104 Å². The van der Waals surface area contributed by atoms with Crippen molar-refractivity contribution in [1.82, 2.24) is 4.98 Å². The van der Waals surface area contributed by atoms with Crippen LogP contribution in [0.2, 0.25) is 0 Å². The van der Waals surface area contributed by atoms with Crippen LogP contribution in [0.25, 0.3) is 21.7 Å². The van der Waals surface area contributed by atoms with Gasteiger partial charge < -0.3 is 36.0 Å². The molecule has 1 heterocycles. The number of anilines is 1. The van der Waals surface area contributed by atoms with Crippen LogP contribution in [0.1, 0.15) is 15.9 Å². The Balaban J connectivity index is 1.37. The van der Waals surface area contributed by atoms with Gasteiger partial charge >= 0.3 is 5.97 Å². The van der Waals surface area contributed by atoms with Gasteiger partial charge in [0.1, 0.15) is 61.4 Å². The molecule has 24 nitrogen and oxygen atoms in total. The van der Waals surface area contributed by atoms with Crippen LogP contribution in [-0.4, -0.2) is 94.7 Å². The van der Waals surface area contributed by atoms with E-state index in [1.165, 1.54) is 49.5 Å². The van der Waals surface area contributed by atoms with Crippen LogP contribution in [0.3, 0.4) is 0 Å². The topological polar surface area (TPSA) is 404 Å². The Kier molecular flexibility index (Phi) is 12.5. The van der Waals surface area contributed by atoms with Crippen LogP contribution in [-0.2, 0) is 30.4 Å². The van der Waals surface area contributed by atoms with E-state index in [0.717, 1.165) is 30.3 Å². The number of aliphatic hydroxyl groups excluding tert-OH is 2. The fourth-order valence-electron chi connectivity index (χ4n) is 5.75. The molecule has 0 aliphatic rings. The maximum absolute atomic E-state index is 12.4. The number of phenols is 2. The number of phenolic OH excluding ortho intramolecular Hbond substituents is 2. The van der Waals surface area contributed by atoms with E-state index in [9.17, 15) is 69.2 Å². The van der Waals surface area contributed by atoms with Crippen molar-refractivity contribution in [1.29, 1.82) is 0 Å². The number of pyridine rings is 1. The second-order valence-electron chi connectivity index (χ2n) is 13.1. The molecule has 1 unspecified atom stereocenters. The minimum absolute atomic E-state index is 0.0482. The number of fused-ring (bicyclic) bond motifs is 2. The minimum Gasteiger partial charge on any atom is -0.505 e. The van der Waals surface area contributed by atoms with E-state index in [2.05, 4.69) is 35.7 Å². The lowest BCUT2D eigenvalue weighted by Gasteiger charge is -2.14. The molecule has 1 aromatic heterocycles. The van der Waals surface area contributed by atoms with E-state index in [1.807, 2.05) is 0 Å². The zero-order valence-corrected chi connectivity index (χ0v) is 34.1. The van der Waals surface area contributed by atoms with Crippen LogP contribution in [0, 0.1) is 6.92 Å². The zero-order valence-electron chi connectivity index (χ0n) is 31.7. The van der Waals surface area contributed by atoms with Gasteiger partial charge in [0.25, 0.3) is 30.4 Å². The fraction of sp³-hybridized carbons (Fsp3) is 0.111. The first kappa shape index (κ1) is 45.4. The van der Waals surface area contributed by atoms with Gasteiger partial charge in [0.15, 0.2) is 11.5 Å². The van der Waals surface area contributed by atoms with Crippen molar-refractivity contribution >= 4 is 97.8 Å². The van der Waals surface area contributed by atoms with Gasteiger partial charge in [-0.3, -0.25) is 18.6 Å². The maximum atomic E-state index is 12.4. The lowest BCUT2D eigenvalue weighted by atomic mass is 10.1. The van der Waals surface area contributed by atoms with Gasteiger partial charge in [-0.05, 0) is 78.5 Å². The fourth-order valence-corrected chi connectivity index (χ4v) is 7.75. The average Bonchev–Trinajstić information content (AvgIpc) is 3.21. The molecule has 63 heavy (non-hydrogen) atoms. The lowest BCUT2D eigenvalue weighted by molar-refractivity contribution is 0.0538. The number of nitrogens with two attached hydrogens (primary N) is 1. The Morgan fingerprint density at radius 2 is 1.37 bits per heavy atom. The number of azo groups is 3. The Morgan fingerprint density at radius 3 is 2.02 bits per heavy atom. The highest BCUT2D eigenvalue weighted by molar-refractivity contribution is 7.86. The average molecular weight is 927 g/mol. The predicted molar refractivity (Wildman–Crippen MR) is 219 cm³/mol. The standard InChI is InChI=1S/C36H30N8O16S3/c1-16-7-26(42-44-33-31(63(57,58)59)9-17-8-30(62(54,55)56)23(37)11-21(17)34(33)47)28(60-15-19(46)14-45)12-25(16)41-39-18-4-5-24(22(10-18)36(49)50)40-43-27-13-29(61(51,52)53)20-3-2-6-38-32(20)35(27)48/h2-13,19,45-48H,14-15,37H2,1H3,(H,49,50)(H,51,52,53)(H,54,55,56)(H,57,58,59). The number of carbonyl (C=O) groups is 1. The van der Waals surface area contributed by atoms with Gasteiger partial charge in [0, 0.05) is 23.0 Å². The highest BCUT2D eigenvalue weighted by Crippen LogP contribution is 2.45. The Labute approximate surface area is 354 Å². The molecule has 0 bridgehead atoms. The molecule has 0 radical (unpaired) electrons. The first-order chi connectivity index (χ1) is 29.5. The highest BCUT2D eigenvalue weighted by Gasteiger charge is 2.25. The van der Waals surface area contributed by atoms with E-state index in [0.29, 0.717) is 0 Å². The van der Waals surface area contributed by atoms with E-state index in [4.69, 9.17) is 10.5 Å². The molecule has 0 amide bonds. The first-order valence-corrected chi connectivity index (χ1v) is 21.6. The second-order valence-corrected chi connectivity index (χ2v) is 17.3. The van der Waals surface area contributed by atoms with Gasteiger partial charge in [0.2, 0.25) is 0 Å². The first-order valence-electron chi connectivity index (χ1n) is 17.3. The summed E-state index contributed by atoms with van der Waals surface area (Å²) in [6.07, 6.45) is -0.159. The van der Waals surface area contributed by atoms with Crippen molar-refractivity contribution in [3.8, 4) is 17.2 Å². The molecule has 328 valence electrons. The van der Waals surface area contributed by atoms with Crippen LogP contribution in [0.15, 0.2) is 118 Å². The monoisotopic (exact) mass is 926 g/mol. The van der Waals surface area contributed by atoms with Crippen molar-refractivity contribution in [2.24, 2.45) is 30.7 Å². The number of carboxylic acid groups (broad SMARTS) is 1. The van der Waals surface area contributed by atoms with Crippen LogP contribution in [0.4, 0.5) is 39.8 Å². The number of benzene rings is 5. The Hall–Kier alpha value is -7.11. The van der Waals surface area contributed by atoms with Gasteiger partial charge in [-0.1, -0.05) is 0 Å². The Morgan fingerprint density at radius 1 is 0.730 bits per heavy atom. The Bertz CT molecular complexity index is 3310. The van der Waals surface area contributed by atoms with Crippen molar-refractivity contribution in [2.45, 2.75) is 27.7 Å². The number of hydrogen-bond acceptors (Lipinski definition) is 20. The van der Waals surface area contributed by atoms with Crippen molar-refractivity contribution in [2.75, 3.05) is 18.9 Å². The van der Waals surface area contributed by atoms with E-state index in [-0.39, 0.29) is 55.7 Å². The summed E-state index contributed by atoms with van der Waals surface area (Å²) in [5, 5.41) is 74.0. The van der Waals surface area contributed by atoms with Crippen molar-refractivity contribution in [3.63, 3.8) is 0 Å². The third-order valence-electron chi connectivity index (χ3n) is 8.75. The van der Waals surface area contributed by atoms with Gasteiger partial charge in [-0.2, -0.15) is 35.5 Å². The number of ether oxygens (including phenoxy) is 1. The van der Waals surface area contributed by atoms with Crippen molar-refractivity contribution < 1.29 is 74.0 Å². The number of nitrogens with zero attached hydrogens (tertiary/aromatic N) is 7. The highest BCUT2D eigenvalue weighted by atomic mass is 32.2. The normalized spacial score (nSPS) is 13.2. The molecule has 5 aromatic carbocycles. The largest absolute Gasteiger partial charge is 0.505 e. The number of aromatic nitrogens is 1. The van der Waals surface area contributed by atoms with Crippen LogP contribution < -0.4 is 10.5 Å². The summed E-state index contributed by atoms with van der Waals surface area (Å²) in [5.74, 6) is -3.26. The molecular formula is C36H30N8O16S3. The van der Waals surface area contributed by atoms with E-state index >= 15 is 0 Å². The summed E-state index contributed by atoms with van der Waals surface area (Å²) in [6.45, 7) is 0.242. The summed E-state index contributed by atoms with van der Waals surface area (Å²) in [7, 11) is -14.9. The number of rotatable bonds is 14. The third-order valence-corrected chi connectivity index (χ3v) is 11.4. The molecule has 0 aliphatic heterocycles. The van der Waals surface area contributed by atoms with Crippen LogP contribution in [0.5, 0.6) is 17.2 Å². The second kappa shape index (κ2) is 17.3. The van der Waals surface area contributed by atoms with Gasteiger partial charge in [-0.25, -0.2) is 4.79 Å². The number of nitrogen functional groups attached to an aromatic ring is 1. The maximum Gasteiger partial charge on any atom is 0.338 e. The number of carboxylic acids is 1. The molecule has 6 rings (SSSR count). The number of aromatic carboxylic acids is 1. The molecule has 1 atom stereocenters. The molecule has 10 N–H and O–H groups in total. The molecule has 0 saturated carbocycles.